The Kier molecular flexibility index (Phi) is 8.00. The maximum atomic E-state index is 2.44. The molecule has 0 aliphatic heterocycles. The first-order chi connectivity index (χ1) is 26.8. The number of aromatic nitrogens is 1. The highest BCUT2D eigenvalue weighted by atomic mass is 15.1. The van der Waals surface area contributed by atoms with Gasteiger partial charge in [0.1, 0.15) is 0 Å². The molecule has 0 saturated carbocycles. The molecule has 0 fully saturated rings. The van der Waals surface area contributed by atoms with Crippen LogP contribution < -0.4 is 4.90 Å². The van der Waals surface area contributed by atoms with E-state index in [1.54, 1.807) is 0 Å². The standard InChI is InChI=1S/C52H38N2/c1-4-12-37(13-5-1)40-22-27-46(28-23-40)53(47-29-24-41(25-30-47)43-21-20-39-16-10-11-17-42(39)34-43)48-31-33-50-49-32-26-44(38-14-6-2-7-15-38)35-51(49)54(52(50)36-48)45-18-8-3-9-19-45/h1-6,8-14,16-36H,7,15H2. The summed E-state index contributed by atoms with van der Waals surface area (Å²) in [5.74, 6) is 0. The van der Waals surface area contributed by atoms with Crippen LogP contribution in [0.25, 0.3) is 66.1 Å². The van der Waals surface area contributed by atoms with E-state index in [1.807, 2.05) is 0 Å². The van der Waals surface area contributed by atoms with Crippen molar-refractivity contribution >= 4 is 55.2 Å². The third-order valence-corrected chi connectivity index (χ3v) is 10.8. The van der Waals surface area contributed by atoms with Crippen LogP contribution in [0.15, 0.2) is 206 Å². The molecule has 1 aliphatic carbocycles. The zero-order chi connectivity index (χ0) is 35.8. The number of allylic oxidation sites excluding steroid dienone is 4. The van der Waals surface area contributed by atoms with Gasteiger partial charge in [0.05, 0.1) is 11.0 Å². The summed E-state index contributed by atoms with van der Waals surface area (Å²) < 4.78 is 2.44. The van der Waals surface area contributed by atoms with E-state index in [-0.39, 0.29) is 0 Å². The lowest BCUT2D eigenvalue weighted by Gasteiger charge is -2.26. The first kappa shape index (κ1) is 31.8. The molecule has 1 aliphatic rings. The van der Waals surface area contributed by atoms with Gasteiger partial charge in [0.15, 0.2) is 0 Å². The summed E-state index contributed by atoms with van der Waals surface area (Å²) >= 11 is 0. The van der Waals surface area contributed by atoms with Crippen molar-refractivity contribution in [1.29, 1.82) is 0 Å². The number of anilines is 3. The fourth-order valence-corrected chi connectivity index (χ4v) is 8.10. The molecule has 0 saturated heterocycles. The molecule has 1 aromatic heterocycles. The number of nitrogens with zero attached hydrogens (tertiary/aromatic N) is 2. The summed E-state index contributed by atoms with van der Waals surface area (Å²) in [7, 11) is 0. The van der Waals surface area contributed by atoms with E-state index in [9.17, 15) is 0 Å². The van der Waals surface area contributed by atoms with E-state index in [1.165, 1.54) is 66.0 Å². The van der Waals surface area contributed by atoms with Gasteiger partial charge in [-0.2, -0.15) is 0 Å². The molecule has 10 rings (SSSR count). The zero-order valence-corrected chi connectivity index (χ0v) is 29.9. The van der Waals surface area contributed by atoms with Crippen molar-refractivity contribution in [3.05, 3.63) is 212 Å². The lowest BCUT2D eigenvalue weighted by Crippen LogP contribution is -2.10. The van der Waals surface area contributed by atoms with Gasteiger partial charge in [0.25, 0.3) is 0 Å². The van der Waals surface area contributed by atoms with E-state index in [0.29, 0.717) is 0 Å². The molecule has 8 aromatic carbocycles. The van der Waals surface area contributed by atoms with Gasteiger partial charge in [0.2, 0.25) is 0 Å². The van der Waals surface area contributed by atoms with Crippen LogP contribution in [-0.4, -0.2) is 4.57 Å². The molecule has 256 valence electrons. The summed E-state index contributed by atoms with van der Waals surface area (Å²) in [6.45, 7) is 0. The monoisotopic (exact) mass is 690 g/mol. The minimum atomic E-state index is 1.06. The van der Waals surface area contributed by atoms with Crippen LogP contribution in [0, 0.1) is 0 Å². The van der Waals surface area contributed by atoms with E-state index >= 15 is 0 Å². The Labute approximate surface area is 316 Å². The van der Waals surface area contributed by atoms with Crippen molar-refractivity contribution in [3.63, 3.8) is 0 Å². The largest absolute Gasteiger partial charge is 0.310 e. The molecular formula is C52H38N2. The molecule has 0 radical (unpaired) electrons. The zero-order valence-electron chi connectivity index (χ0n) is 29.9. The molecule has 0 bridgehead atoms. The summed E-state index contributed by atoms with van der Waals surface area (Å²) in [6, 6.07) is 68.6. The van der Waals surface area contributed by atoms with Crippen molar-refractivity contribution in [2.45, 2.75) is 12.8 Å². The second-order valence-electron chi connectivity index (χ2n) is 14.1. The van der Waals surface area contributed by atoms with E-state index in [4.69, 9.17) is 0 Å². The SMILES string of the molecule is C1=CCCC(c2ccc3c4ccc(N(c5ccc(-c6ccccc6)cc5)c5ccc(-c6ccc7ccccc7c6)cc5)cc4n(-c4ccccc4)c3c2)=C1. The van der Waals surface area contributed by atoms with E-state index in [2.05, 4.69) is 216 Å². The average molecular weight is 691 g/mol. The maximum Gasteiger partial charge on any atom is 0.0561 e. The Hall–Kier alpha value is -6.90. The molecule has 2 nitrogen and oxygen atoms in total. The first-order valence-corrected chi connectivity index (χ1v) is 18.8. The molecule has 0 spiro atoms. The molecule has 0 unspecified atom stereocenters. The maximum absolute atomic E-state index is 2.44. The van der Waals surface area contributed by atoms with Crippen molar-refractivity contribution < 1.29 is 0 Å². The fourth-order valence-electron chi connectivity index (χ4n) is 8.10. The predicted molar refractivity (Wildman–Crippen MR) is 230 cm³/mol. The second kappa shape index (κ2) is 13.6. The number of rotatable bonds is 7. The van der Waals surface area contributed by atoms with Crippen LogP contribution in [0.3, 0.4) is 0 Å². The highest BCUT2D eigenvalue weighted by Crippen LogP contribution is 2.41. The minimum absolute atomic E-state index is 1.06. The molecule has 9 aromatic rings. The summed E-state index contributed by atoms with van der Waals surface area (Å²) in [4.78, 5) is 2.38. The average Bonchev–Trinajstić information content (AvgIpc) is 3.58. The van der Waals surface area contributed by atoms with Crippen LogP contribution >= 0.6 is 0 Å². The molecule has 1 heterocycles. The van der Waals surface area contributed by atoms with Crippen LogP contribution in [0.2, 0.25) is 0 Å². The molecule has 2 heteroatoms. The van der Waals surface area contributed by atoms with Crippen LogP contribution in [0.5, 0.6) is 0 Å². The highest BCUT2D eigenvalue weighted by Gasteiger charge is 2.19. The lowest BCUT2D eigenvalue weighted by atomic mass is 9.96. The van der Waals surface area contributed by atoms with Gasteiger partial charge in [-0.1, -0.05) is 146 Å². The van der Waals surface area contributed by atoms with Gasteiger partial charge in [-0.3, -0.25) is 0 Å². The normalized spacial score (nSPS) is 12.7. The van der Waals surface area contributed by atoms with Gasteiger partial charge in [0, 0.05) is 33.5 Å². The Morgan fingerprint density at radius 3 is 1.67 bits per heavy atom. The molecule has 0 atom stereocenters. The molecular weight excluding hydrogens is 653 g/mol. The summed E-state index contributed by atoms with van der Waals surface area (Å²) in [5.41, 5.74) is 14.4. The van der Waals surface area contributed by atoms with Crippen LogP contribution in [0.1, 0.15) is 18.4 Å². The smallest absolute Gasteiger partial charge is 0.0561 e. The van der Waals surface area contributed by atoms with Crippen molar-refractivity contribution in [2.24, 2.45) is 0 Å². The van der Waals surface area contributed by atoms with Crippen molar-refractivity contribution in [2.75, 3.05) is 4.90 Å². The van der Waals surface area contributed by atoms with Gasteiger partial charge >= 0.3 is 0 Å². The van der Waals surface area contributed by atoms with Gasteiger partial charge < -0.3 is 9.47 Å². The van der Waals surface area contributed by atoms with Gasteiger partial charge in [-0.25, -0.2) is 0 Å². The van der Waals surface area contributed by atoms with Gasteiger partial charge in [-0.15, -0.1) is 0 Å². The highest BCUT2D eigenvalue weighted by molar-refractivity contribution is 6.11. The number of hydrogen-bond donors (Lipinski definition) is 0. The number of hydrogen-bond acceptors (Lipinski definition) is 1. The minimum Gasteiger partial charge on any atom is -0.310 e. The molecule has 54 heavy (non-hydrogen) atoms. The molecule has 0 N–H and O–H groups in total. The lowest BCUT2D eigenvalue weighted by molar-refractivity contribution is 1.05. The molecule has 0 amide bonds. The van der Waals surface area contributed by atoms with Crippen LogP contribution in [0.4, 0.5) is 17.1 Å². The van der Waals surface area contributed by atoms with E-state index in [0.717, 1.165) is 35.6 Å². The number of fused-ring (bicyclic) bond motifs is 4. The number of para-hydroxylation sites is 1. The van der Waals surface area contributed by atoms with Crippen LogP contribution in [-0.2, 0) is 0 Å². The van der Waals surface area contributed by atoms with E-state index < -0.39 is 0 Å². The third kappa shape index (κ3) is 5.79. The predicted octanol–water partition coefficient (Wildman–Crippen LogP) is 14.5. The van der Waals surface area contributed by atoms with Gasteiger partial charge in [-0.05, 0) is 118 Å². The first-order valence-electron chi connectivity index (χ1n) is 18.8. The number of benzene rings is 8. The Bertz CT molecular complexity index is 2840. The van der Waals surface area contributed by atoms with Crippen molar-refractivity contribution in [3.8, 4) is 27.9 Å². The fraction of sp³-hybridized carbons (Fsp3) is 0.0385. The second-order valence-corrected chi connectivity index (χ2v) is 14.1. The third-order valence-electron chi connectivity index (χ3n) is 10.8. The quantitative estimate of drug-likeness (QED) is 0.162. The summed E-state index contributed by atoms with van der Waals surface area (Å²) in [6.07, 6.45) is 8.86. The van der Waals surface area contributed by atoms with Crippen molar-refractivity contribution in [1.82, 2.24) is 4.57 Å². The Morgan fingerprint density at radius 2 is 0.963 bits per heavy atom. The topological polar surface area (TPSA) is 8.17 Å². The summed E-state index contributed by atoms with van der Waals surface area (Å²) in [5, 5.41) is 5.01. The Balaban J connectivity index is 1.13. The Morgan fingerprint density at radius 1 is 0.407 bits per heavy atom.